The molecule has 2 aromatic rings. The molecule has 0 aromatic heterocycles. The monoisotopic (exact) mass is 394 g/mol. The van der Waals surface area contributed by atoms with Gasteiger partial charge in [0.05, 0.1) is 0 Å². The van der Waals surface area contributed by atoms with E-state index in [-0.39, 0.29) is 17.9 Å². The van der Waals surface area contributed by atoms with Crippen LogP contribution in [0, 0.1) is 0 Å². The second kappa shape index (κ2) is 9.93. The molecule has 1 amide bonds. The van der Waals surface area contributed by atoms with Crippen LogP contribution in [-0.4, -0.2) is 30.5 Å². The summed E-state index contributed by atoms with van der Waals surface area (Å²) >= 11 is 0. The molecular formula is C25H34N2O2. The number of hydrogen-bond donors (Lipinski definition) is 1. The largest absolute Gasteiger partial charge is 0.484 e. The van der Waals surface area contributed by atoms with Crippen molar-refractivity contribution >= 4 is 5.91 Å². The van der Waals surface area contributed by atoms with Crippen LogP contribution in [0.4, 0.5) is 0 Å². The predicted octanol–water partition coefficient (Wildman–Crippen LogP) is 4.67. The molecule has 0 spiro atoms. The quantitative estimate of drug-likeness (QED) is 0.742. The van der Waals surface area contributed by atoms with Gasteiger partial charge in [-0.05, 0) is 60.2 Å². The SMILES string of the molecule is CC(C)(C)c1ccc(OCC(=O)NCc2ccc(CN3CCCCC3)cc2)cc1. The Morgan fingerprint density at radius 2 is 1.55 bits per heavy atom. The number of nitrogens with one attached hydrogen (secondary N) is 1. The van der Waals surface area contributed by atoms with Crippen molar-refractivity contribution < 1.29 is 9.53 Å². The maximum absolute atomic E-state index is 12.1. The van der Waals surface area contributed by atoms with E-state index < -0.39 is 0 Å². The van der Waals surface area contributed by atoms with E-state index in [4.69, 9.17) is 4.74 Å². The van der Waals surface area contributed by atoms with E-state index in [9.17, 15) is 4.79 Å². The molecule has 1 fully saturated rings. The summed E-state index contributed by atoms with van der Waals surface area (Å²) in [5, 5.41) is 2.93. The van der Waals surface area contributed by atoms with Crippen molar-refractivity contribution in [2.45, 2.75) is 58.5 Å². The lowest BCUT2D eigenvalue weighted by molar-refractivity contribution is -0.123. The summed E-state index contributed by atoms with van der Waals surface area (Å²) < 4.78 is 5.61. The Balaban J connectivity index is 1.39. The van der Waals surface area contributed by atoms with E-state index in [0.29, 0.717) is 6.54 Å². The highest BCUT2D eigenvalue weighted by molar-refractivity contribution is 5.77. The van der Waals surface area contributed by atoms with Gasteiger partial charge in [-0.1, -0.05) is 63.6 Å². The van der Waals surface area contributed by atoms with E-state index in [1.54, 1.807) is 0 Å². The average Bonchev–Trinajstić information content (AvgIpc) is 2.72. The molecule has 0 bridgehead atoms. The van der Waals surface area contributed by atoms with Crippen LogP contribution in [0.3, 0.4) is 0 Å². The molecule has 0 unspecified atom stereocenters. The summed E-state index contributed by atoms with van der Waals surface area (Å²) in [5.41, 5.74) is 3.80. The zero-order valence-corrected chi connectivity index (χ0v) is 18.0. The summed E-state index contributed by atoms with van der Waals surface area (Å²) in [6, 6.07) is 16.5. The first-order valence-corrected chi connectivity index (χ1v) is 10.7. The number of nitrogens with zero attached hydrogens (tertiary/aromatic N) is 1. The molecule has 0 radical (unpaired) electrons. The second-order valence-corrected chi connectivity index (χ2v) is 8.99. The lowest BCUT2D eigenvalue weighted by atomic mass is 9.87. The number of amides is 1. The molecule has 1 heterocycles. The van der Waals surface area contributed by atoms with Gasteiger partial charge in [0.1, 0.15) is 5.75 Å². The molecule has 2 aromatic carbocycles. The third-order valence-corrected chi connectivity index (χ3v) is 5.46. The van der Waals surface area contributed by atoms with Crippen molar-refractivity contribution in [2.75, 3.05) is 19.7 Å². The van der Waals surface area contributed by atoms with Crippen molar-refractivity contribution in [2.24, 2.45) is 0 Å². The standard InChI is InChI=1S/C25H34N2O2/c1-25(2,3)22-11-13-23(14-12-22)29-19-24(28)26-17-20-7-9-21(10-8-20)18-27-15-5-4-6-16-27/h7-14H,4-6,15-19H2,1-3H3,(H,26,28). The molecule has 3 rings (SSSR count). The molecule has 0 saturated carbocycles. The van der Waals surface area contributed by atoms with Gasteiger partial charge in [-0.15, -0.1) is 0 Å². The Bertz CT molecular complexity index is 770. The predicted molar refractivity (Wildman–Crippen MR) is 118 cm³/mol. The lowest BCUT2D eigenvalue weighted by Gasteiger charge is -2.26. The Morgan fingerprint density at radius 1 is 0.931 bits per heavy atom. The fourth-order valence-electron chi connectivity index (χ4n) is 3.59. The van der Waals surface area contributed by atoms with Gasteiger partial charge in [-0.25, -0.2) is 0 Å². The fourth-order valence-corrected chi connectivity index (χ4v) is 3.59. The van der Waals surface area contributed by atoms with Gasteiger partial charge in [0, 0.05) is 13.1 Å². The van der Waals surface area contributed by atoms with Crippen molar-refractivity contribution in [1.29, 1.82) is 0 Å². The molecule has 4 heteroatoms. The molecule has 1 saturated heterocycles. The van der Waals surface area contributed by atoms with E-state index in [0.717, 1.165) is 17.9 Å². The Morgan fingerprint density at radius 3 is 2.17 bits per heavy atom. The minimum Gasteiger partial charge on any atom is -0.484 e. The highest BCUT2D eigenvalue weighted by Crippen LogP contribution is 2.24. The number of ether oxygens (including phenoxy) is 1. The second-order valence-electron chi connectivity index (χ2n) is 8.99. The summed E-state index contributed by atoms with van der Waals surface area (Å²) in [6.07, 6.45) is 3.99. The first-order chi connectivity index (χ1) is 13.9. The molecule has 29 heavy (non-hydrogen) atoms. The van der Waals surface area contributed by atoms with Crippen LogP contribution in [0.15, 0.2) is 48.5 Å². The van der Waals surface area contributed by atoms with Gasteiger partial charge in [0.25, 0.3) is 5.91 Å². The van der Waals surface area contributed by atoms with Crippen molar-refractivity contribution in [1.82, 2.24) is 10.2 Å². The number of carbonyl (C=O) groups is 1. The Kier molecular flexibility index (Phi) is 7.32. The van der Waals surface area contributed by atoms with Crippen LogP contribution >= 0.6 is 0 Å². The van der Waals surface area contributed by atoms with E-state index in [1.807, 2.05) is 12.1 Å². The van der Waals surface area contributed by atoms with E-state index >= 15 is 0 Å². The van der Waals surface area contributed by atoms with Gasteiger partial charge in [-0.3, -0.25) is 9.69 Å². The van der Waals surface area contributed by atoms with Gasteiger partial charge >= 0.3 is 0 Å². The zero-order valence-electron chi connectivity index (χ0n) is 18.0. The molecule has 156 valence electrons. The highest BCUT2D eigenvalue weighted by Gasteiger charge is 2.13. The van der Waals surface area contributed by atoms with Crippen molar-refractivity contribution in [3.05, 3.63) is 65.2 Å². The molecule has 1 aliphatic heterocycles. The summed E-state index contributed by atoms with van der Waals surface area (Å²) in [6.45, 7) is 10.5. The molecular weight excluding hydrogens is 360 g/mol. The van der Waals surface area contributed by atoms with E-state index in [1.165, 1.54) is 43.5 Å². The van der Waals surface area contributed by atoms with Crippen LogP contribution in [0.1, 0.15) is 56.7 Å². The molecule has 1 N–H and O–H groups in total. The van der Waals surface area contributed by atoms with Crippen molar-refractivity contribution in [3.8, 4) is 5.75 Å². The van der Waals surface area contributed by atoms with Crippen LogP contribution in [-0.2, 0) is 23.3 Å². The third kappa shape index (κ3) is 6.90. The Hall–Kier alpha value is -2.33. The maximum Gasteiger partial charge on any atom is 0.258 e. The zero-order chi connectivity index (χ0) is 20.7. The average molecular weight is 395 g/mol. The summed E-state index contributed by atoms with van der Waals surface area (Å²) in [7, 11) is 0. The number of hydrogen-bond acceptors (Lipinski definition) is 3. The number of likely N-dealkylation sites (tertiary alicyclic amines) is 1. The molecule has 0 aliphatic carbocycles. The minimum absolute atomic E-state index is 0.0297. The number of piperidine rings is 1. The topological polar surface area (TPSA) is 41.6 Å². The first kappa shape index (κ1) is 21.4. The van der Waals surface area contributed by atoms with Gasteiger partial charge in [-0.2, -0.15) is 0 Å². The lowest BCUT2D eigenvalue weighted by Crippen LogP contribution is -2.29. The van der Waals surface area contributed by atoms with Crippen molar-refractivity contribution in [3.63, 3.8) is 0 Å². The van der Waals surface area contributed by atoms with Crippen LogP contribution in [0.25, 0.3) is 0 Å². The number of benzene rings is 2. The van der Waals surface area contributed by atoms with Crippen LogP contribution in [0.2, 0.25) is 0 Å². The summed E-state index contributed by atoms with van der Waals surface area (Å²) in [4.78, 5) is 14.6. The molecule has 1 aliphatic rings. The molecule has 4 nitrogen and oxygen atoms in total. The normalized spacial score (nSPS) is 15.1. The van der Waals surface area contributed by atoms with Crippen LogP contribution in [0.5, 0.6) is 5.75 Å². The summed E-state index contributed by atoms with van der Waals surface area (Å²) in [5.74, 6) is 0.609. The molecule has 0 atom stereocenters. The smallest absolute Gasteiger partial charge is 0.258 e. The van der Waals surface area contributed by atoms with E-state index in [2.05, 4.69) is 67.4 Å². The van der Waals surface area contributed by atoms with Gasteiger partial charge in [0.2, 0.25) is 0 Å². The fraction of sp³-hybridized carbons (Fsp3) is 0.480. The minimum atomic E-state index is -0.109. The third-order valence-electron chi connectivity index (χ3n) is 5.46. The first-order valence-electron chi connectivity index (χ1n) is 10.7. The maximum atomic E-state index is 12.1. The number of rotatable bonds is 7. The Labute approximate surface area is 175 Å². The highest BCUT2D eigenvalue weighted by atomic mass is 16.5. The van der Waals surface area contributed by atoms with Crippen LogP contribution < -0.4 is 10.1 Å². The number of carbonyl (C=O) groups excluding carboxylic acids is 1. The van der Waals surface area contributed by atoms with Gasteiger partial charge in [0.15, 0.2) is 6.61 Å². The van der Waals surface area contributed by atoms with Gasteiger partial charge < -0.3 is 10.1 Å².